The number of amides is 1. The van der Waals surface area contributed by atoms with Crippen molar-refractivity contribution in [3.05, 3.63) is 40.7 Å². The summed E-state index contributed by atoms with van der Waals surface area (Å²) in [6.07, 6.45) is 8.08. The molecule has 1 N–H and O–H groups in total. The van der Waals surface area contributed by atoms with Gasteiger partial charge in [-0.3, -0.25) is 4.79 Å². The van der Waals surface area contributed by atoms with E-state index in [0.29, 0.717) is 18.4 Å². The van der Waals surface area contributed by atoms with Crippen molar-refractivity contribution < 1.29 is 4.79 Å². The lowest BCUT2D eigenvalue weighted by molar-refractivity contribution is -0.129. The molecule has 28 heavy (non-hydrogen) atoms. The van der Waals surface area contributed by atoms with E-state index in [1.807, 2.05) is 30.0 Å². The summed E-state index contributed by atoms with van der Waals surface area (Å²) in [5.74, 6) is 3.16. The summed E-state index contributed by atoms with van der Waals surface area (Å²) in [5.41, 5.74) is 1.26. The summed E-state index contributed by atoms with van der Waals surface area (Å²) in [6.45, 7) is 0.894. The molecule has 1 fully saturated rings. The third kappa shape index (κ3) is 6.78. The van der Waals surface area contributed by atoms with Crippen LogP contribution in [0.15, 0.2) is 24.3 Å². The Hall–Kier alpha value is -1.60. The van der Waals surface area contributed by atoms with Gasteiger partial charge in [0.2, 0.25) is 5.91 Å². The number of hydrogen-bond acceptors (Lipinski definition) is 5. The average Bonchev–Trinajstić information content (AvgIpc) is 3.32. The van der Waals surface area contributed by atoms with Crippen LogP contribution in [0.25, 0.3) is 0 Å². The second kappa shape index (κ2) is 11.4. The van der Waals surface area contributed by atoms with Crippen molar-refractivity contribution in [1.29, 1.82) is 0 Å². The number of carbonyl (C=O) groups excluding carboxylic acids is 1. The summed E-state index contributed by atoms with van der Waals surface area (Å²) in [4.78, 5) is 14.4. The van der Waals surface area contributed by atoms with Gasteiger partial charge in [-0.15, -0.1) is 10.2 Å². The lowest BCUT2D eigenvalue weighted by Crippen LogP contribution is -2.34. The number of thioether (sulfide) groups is 1. The maximum absolute atomic E-state index is 12.2. The van der Waals surface area contributed by atoms with Crippen LogP contribution in [-0.4, -0.2) is 49.8 Å². The SMILES string of the molecule is O=C1CC[C@H](CCSCc2cccc(Cl)c2)N1CCCCCCc1nn[nH]n1. The highest BCUT2D eigenvalue weighted by Crippen LogP contribution is 2.25. The second-order valence-electron chi connectivity index (χ2n) is 7.24. The fourth-order valence-electron chi connectivity index (χ4n) is 3.64. The second-order valence-corrected chi connectivity index (χ2v) is 8.78. The Morgan fingerprint density at radius 3 is 2.96 bits per heavy atom. The quantitative estimate of drug-likeness (QED) is 0.518. The number of tetrazole rings is 1. The van der Waals surface area contributed by atoms with Crippen molar-refractivity contribution in [3.63, 3.8) is 0 Å². The normalized spacial score (nSPS) is 16.8. The molecular weight excluding hydrogens is 394 g/mol. The van der Waals surface area contributed by atoms with Crippen LogP contribution < -0.4 is 0 Å². The molecule has 152 valence electrons. The van der Waals surface area contributed by atoms with E-state index in [-0.39, 0.29) is 0 Å². The maximum atomic E-state index is 12.2. The van der Waals surface area contributed by atoms with Gasteiger partial charge in [-0.1, -0.05) is 41.8 Å². The molecule has 1 aromatic carbocycles. The molecule has 0 radical (unpaired) electrons. The molecule has 1 aliphatic heterocycles. The summed E-state index contributed by atoms with van der Waals surface area (Å²) >= 11 is 7.96. The number of nitrogens with one attached hydrogen (secondary N) is 1. The van der Waals surface area contributed by atoms with Crippen LogP contribution in [0, 0.1) is 0 Å². The minimum atomic E-state index is 0.330. The molecule has 0 unspecified atom stereocenters. The molecule has 0 aliphatic carbocycles. The Morgan fingerprint density at radius 2 is 2.14 bits per heavy atom. The van der Waals surface area contributed by atoms with Crippen LogP contribution in [0.4, 0.5) is 0 Å². The molecule has 6 nitrogen and oxygen atoms in total. The number of benzene rings is 1. The molecule has 2 aromatic rings. The number of aromatic nitrogens is 4. The van der Waals surface area contributed by atoms with Gasteiger partial charge in [0.15, 0.2) is 5.82 Å². The highest BCUT2D eigenvalue weighted by Gasteiger charge is 2.29. The Bertz CT molecular complexity index is 727. The predicted octanol–water partition coefficient (Wildman–Crippen LogP) is 4.27. The van der Waals surface area contributed by atoms with E-state index < -0.39 is 0 Å². The largest absolute Gasteiger partial charge is 0.340 e. The lowest BCUT2D eigenvalue weighted by Gasteiger charge is -2.24. The van der Waals surface area contributed by atoms with Crippen molar-refractivity contribution in [2.45, 2.75) is 63.2 Å². The summed E-state index contributed by atoms with van der Waals surface area (Å²) < 4.78 is 0. The van der Waals surface area contributed by atoms with E-state index in [2.05, 4.69) is 31.6 Å². The summed E-state index contributed by atoms with van der Waals surface area (Å²) in [7, 11) is 0. The van der Waals surface area contributed by atoms with Crippen LogP contribution in [-0.2, 0) is 17.0 Å². The average molecular weight is 422 g/mol. The first-order chi connectivity index (χ1) is 13.7. The number of rotatable bonds is 12. The molecule has 1 atom stereocenters. The third-order valence-corrected chi connectivity index (χ3v) is 6.44. The van der Waals surface area contributed by atoms with Crippen LogP contribution in [0.2, 0.25) is 5.02 Å². The van der Waals surface area contributed by atoms with E-state index in [1.165, 1.54) is 5.56 Å². The van der Waals surface area contributed by atoms with Gasteiger partial charge in [-0.05, 0) is 49.1 Å². The number of nitrogens with zero attached hydrogens (tertiary/aromatic N) is 4. The van der Waals surface area contributed by atoms with Crippen molar-refractivity contribution in [1.82, 2.24) is 25.5 Å². The van der Waals surface area contributed by atoms with E-state index >= 15 is 0 Å². The van der Waals surface area contributed by atoms with Gasteiger partial charge < -0.3 is 4.90 Å². The Kier molecular flexibility index (Phi) is 8.61. The highest BCUT2D eigenvalue weighted by molar-refractivity contribution is 7.98. The first kappa shape index (κ1) is 21.1. The van der Waals surface area contributed by atoms with Crippen molar-refractivity contribution >= 4 is 29.3 Å². The molecule has 0 spiro atoms. The lowest BCUT2D eigenvalue weighted by atomic mass is 10.1. The van der Waals surface area contributed by atoms with Crippen molar-refractivity contribution in [3.8, 4) is 0 Å². The van der Waals surface area contributed by atoms with Gasteiger partial charge in [-0.2, -0.15) is 17.0 Å². The molecule has 0 bridgehead atoms. The molecule has 1 amide bonds. The Labute approximate surface area is 175 Å². The highest BCUT2D eigenvalue weighted by atomic mass is 35.5. The molecule has 3 rings (SSSR count). The van der Waals surface area contributed by atoms with Gasteiger partial charge in [0.25, 0.3) is 0 Å². The van der Waals surface area contributed by atoms with Gasteiger partial charge in [0.1, 0.15) is 0 Å². The number of unbranched alkanes of at least 4 members (excludes halogenated alkanes) is 3. The molecule has 8 heteroatoms. The standard InChI is InChI=1S/C20H28ClN5OS/c21-17-7-5-6-16(14-17)15-28-13-11-18-9-10-20(27)26(18)12-4-2-1-3-8-19-22-24-25-23-19/h5-7,14,18H,1-4,8-13,15H2,(H,22,23,24,25)/t18-/m1/s1. The fourth-order valence-corrected chi connectivity index (χ4v) is 4.86. The van der Waals surface area contributed by atoms with E-state index in [4.69, 9.17) is 11.6 Å². The van der Waals surface area contributed by atoms with Gasteiger partial charge in [0.05, 0.1) is 0 Å². The number of aromatic amines is 1. The van der Waals surface area contributed by atoms with E-state index in [9.17, 15) is 4.79 Å². The number of carbonyl (C=O) groups is 1. The zero-order valence-corrected chi connectivity index (χ0v) is 17.7. The van der Waals surface area contributed by atoms with Crippen LogP contribution in [0.3, 0.4) is 0 Å². The van der Waals surface area contributed by atoms with Gasteiger partial charge in [-0.25, -0.2) is 0 Å². The number of hydrogen-bond donors (Lipinski definition) is 1. The number of halogens is 1. The van der Waals surface area contributed by atoms with Crippen molar-refractivity contribution in [2.75, 3.05) is 12.3 Å². The van der Waals surface area contributed by atoms with E-state index in [1.54, 1.807) is 0 Å². The Balaban J connectivity index is 1.29. The zero-order chi connectivity index (χ0) is 19.6. The number of aryl methyl sites for hydroxylation is 1. The molecule has 1 saturated heterocycles. The molecule has 0 saturated carbocycles. The monoisotopic (exact) mass is 421 g/mol. The summed E-state index contributed by atoms with van der Waals surface area (Å²) in [6, 6.07) is 8.46. The third-order valence-electron chi connectivity index (χ3n) is 5.14. The van der Waals surface area contributed by atoms with Gasteiger partial charge in [0, 0.05) is 36.2 Å². The smallest absolute Gasteiger partial charge is 0.222 e. The maximum Gasteiger partial charge on any atom is 0.222 e. The summed E-state index contributed by atoms with van der Waals surface area (Å²) in [5, 5.41) is 14.8. The minimum Gasteiger partial charge on any atom is -0.340 e. The van der Waals surface area contributed by atoms with Crippen LogP contribution in [0.1, 0.15) is 56.3 Å². The first-order valence-electron chi connectivity index (χ1n) is 10.1. The van der Waals surface area contributed by atoms with Crippen LogP contribution >= 0.6 is 23.4 Å². The molecule has 2 heterocycles. The predicted molar refractivity (Wildman–Crippen MR) is 113 cm³/mol. The van der Waals surface area contributed by atoms with Crippen LogP contribution in [0.5, 0.6) is 0 Å². The van der Waals surface area contributed by atoms with Crippen molar-refractivity contribution in [2.24, 2.45) is 0 Å². The first-order valence-corrected chi connectivity index (χ1v) is 11.6. The topological polar surface area (TPSA) is 74.8 Å². The van der Waals surface area contributed by atoms with E-state index in [0.717, 1.165) is 73.8 Å². The fraction of sp³-hybridized carbons (Fsp3) is 0.600. The molecular formula is C20H28ClN5OS. The minimum absolute atomic E-state index is 0.330. The molecule has 1 aliphatic rings. The number of H-pyrrole nitrogens is 1. The number of likely N-dealkylation sites (tertiary alicyclic amines) is 1. The zero-order valence-electron chi connectivity index (χ0n) is 16.1. The molecule has 1 aromatic heterocycles. The Morgan fingerprint density at radius 1 is 1.25 bits per heavy atom. The van der Waals surface area contributed by atoms with Gasteiger partial charge >= 0.3 is 0 Å².